The van der Waals surface area contributed by atoms with Gasteiger partial charge in [-0.1, -0.05) is 33.1 Å². The average molecular weight is 238 g/mol. The van der Waals surface area contributed by atoms with Crippen LogP contribution in [0.3, 0.4) is 0 Å². The van der Waals surface area contributed by atoms with Crippen LogP contribution in [0.4, 0.5) is 0 Å². The maximum Gasteiger partial charge on any atom is 0.0459 e. The lowest BCUT2D eigenvalue weighted by Crippen LogP contribution is -2.33. The number of aliphatic hydroxyl groups excluding tert-OH is 1. The number of hydrogen-bond donors (Lipinski definition) is 1. The molecule has 0 bridgehead atoms. The van der Waals surface area contributed by atoms with Gasteiger partial charge in [-0.15, -0.1) is 0 Å². The Morgan fingerprint density at radius 3 is 2.29 bits per heavy atom. The molecular formula is C16H30O. The van der Waals surface area contributed by atoms with Crippen LogP contribution in [-0.2, 0) is 0 Å². The molecule has 2 saturated carbocycles. The topological polar surface area (TPSA) is 20.2 Å². The lowest BCUT2D eigenvalue weighted by molar-refractivity contribution is 0.0651. The minimum atomic E-state index is 0.422. The summed E-state index contributed by atoms with van der Waals surface area (Å²) in [6, 6.07) is 0. The van der Waals surface area contributed by atoms with Crippen LogP contribution >= 0.6 is 0 Å². The van der Waals surface area contributed by atoms with Crippen molar-refractivity contribution in [3.63, 3.8) is 0 Å². The third-order valence-corrected chi connectivity index (χ3v) is 5.60. The molecule has 1 nitrogen and oxygen atoms in total. The molecule has 0 amide bonds. The third kappa shape index (κ3) is 3.24. The number of hydrogen-bond acceptors (Lipinski definition) is 1. The first-order valence-electron chi connectivity index (χ1n) is 7.85. The van der Waals surface area contributed by atoms with Gasteiger partial charge < -0.3 is 5.11 Å². The van der Waals surface area contributed by atoms with E-state index in [1.165, 1.54) is 51.4 Å². The van der Waals surface area contributed by atoms with E-state index in [2.05, 4.69) is 13.8 Å². The van der Waals surface area contributed by atoms with Crippen molar-refractivity contribution in [2.75, 3.05) is 6.61 Å². The minimum Gasteiger partial charge on any atom is -0.396 e. The highest BCUT2D eigenvalue weighted by atomic mass is 16.3. The Kier molecular flexibility index (Phi) is 4.90. The molecule has 0 aromatic heterocycles. The van der Waals surface area contributed by atoms with Crippen molar-refractivity contribution in [2.45, 2.75) is 65.2 Å². The summed E-state index contributed by atoms with van der Waals surface area (Å²) in [6.07, 6.45) is 11.2. The van der Waals surface area contributed by atoms with Crippen molar-refractivity contribution in [1.29, 1.82) is 0 Å². The molecule has 3 atom stereocenters. The molecular weight excluding hydrogens is 208 g/mol. The molecule has 0 aromatic carbocycles. The molecule has 100 valence electrons. The van der Waals surface area contributed by atoms with Crippen molar-refractivity contribution in [3.8, 4) is 0 Å². The van der Waals surface area contributed by atoms with Crippen LogP contribution in [0.15, 0.2) is 0 Å². The Morgan fingerprint density at radius 1 is 1.00 bits per heavy atom. The molecule has 3 unspecified atom stereocenters. The van der Waals surface area contributed by atoms with Gasteiger partial charge in [0.05, 0.1) is 0 Å². The van der Waals surface area contributed by atoms with Crippen LogP contribution in [0.25, 0.3) is 0 Å². The summed E-state index contributed by atoms with van der Waals surface area (Å²) < 4.78 is 0. The smallest absolute Gasteiger partial charge is 0.0459 e. The summed E-state index contributed by atoms with van der Waals surface area (Å²) in [4.78, 5) is 0. The lowest BCUT2D eigenvalue weighted by Gasteiger charge is -2.42. The van der Waals surface area contributed by atoms with Crippen LogP contribution < -0.4 is 0 Å². The molecule has 1 N–H and O–H groups in total. The second kappa shape index (κ2) is 6.22. The third-order valence-electron chi connectivity index (χ3n) is 5.60. The van der Waals surface area contributed by atoms with Crippen LogP contribution in [0, 0.1) is 29.6 Å². The first-order valence-corrected chi connectivity index (χ1v) is 7.85. The molecule has 1 heteroatoms. The van der Waals surface area contributed by atoms with Crippen molar-refractivity contribution < 1.29 is 5.11 Å². The normalized spacial score (nSPS) is 43.6. The van der Waals surface area contributed by atoms with Gasteiger partial charge in [0.1, 0.15) is 0 Å². The number of rotatable bonds is 3. The maximum absolute atomic E-state index is 9.34. The highest BCUT2D eigenvalue weighted by Crippen LogP contribution is 2.45. The lowest BCUT2D eigenvalue weighted by atomic mass is 9.64. The Labute approximate surface area is 107 Å². The van der Waals surface area contributed by atoms with Crippen molar-refractivity contribution in [1.82, 2.24) is 0 Å². The molecule has 0 saturated heterocycles. The monoisotopic (exact) mass is 238 g/mol. The maximum atomic E-state index is 9.34. The van der Waals surface area contributed by atoms with E-state index < -0.39 is 0 Å². The van der Waals surface area contributed by atoms with Crippen molar-refractivity contribution in [3.05, 3.63) is 0 Å². The molecule has 2 rings (SSSR count). The van der Waals surface area contributed by atoms with Gasteiger partial charge in [0, 0.05) is 6.61 Å². The van der Waals surface area contributed by atoms with Crippen molar-refractivity contribution in [2.24, 2.45) is 29.6 Å². The zero-order chi connectivity index (χ0) is 12.3. The Balaban J connectivity index is 1.90. The summed E-state index contributed by atoms with van der Waals surface area (Å²) in [5.74, 6) is 4.48. The van der Waals surface area contributed by atoms with Crippen molar-refractivity contribution >= 4 is 0 Å². The van der Waals surface area contributed by atoms with E-state index in [1.54, 1.807) is 0 Å². The molecule has 0 radical (unpaired) electrons. The summed E-state index contributed by atoms with van der Waals surface area (Å²) in [5.41, 5.74) is 0. The first kappa shape index (κ1) is 13.4. The largest absolute Gasteiger partial charge is 0.396 e. The fourth-order valence-corrected chi connectivity index (χ4v) is 4.35. The van der Waals surface area contributed by atoms with E-state index in [9.17, 15) is 5.11 Å². The Morgan fingerprint density at radius 2 is 1.71 bits per heavy atom. The van der Waals surface area contributed by atoms with E-state index in [1.807, 2.05) is 0 Å². The van der Waals surface area contributed by atoms with E-state index in [4.69, 9.17) is 0 Å². The zero-order valence-corrected chi connectivity index (χ0v) is 11.7. The Bertz CT molecular complexity index is 216. The second-order valence-corrected chi connectivity index (χ2v) is 6.71. The molecule has 2 fully saturated rings. The molecule has 0 aliphatic heterocycles. The quantitative estimate of drug-likeness (QED) is 0.779. The molecule has 2 aliphatic rings. The van der Waals surface area contributed by atoms with E-state index in [-0.39, 0.29) is 0 Å². The molecule has 2 aliphatic carbocycles. The van der Waals surface area contributed by atoms with Gasteiger partial charge in [-0.3, -0.25) is 0 Å². The molecule has 0 heterocycles. The van der Waals surface area contributed by atoms with Gasteiger partial charge in [0.2, 0.25) is 0 Å². The molecule has 17 heavy (non-hydrogen) atoms. The van der Waals surface area contributed by atoms with Crippen LogP contribution in [-0.4, -0.2) is 11.7 Å². The highest BCUT2D eigenvalue weighted by molar-refractivity contribution is 4.85. The second-order valence-electron chi connectivity index (χ2n) is 6.71. The van der Waals surface area contributed by atoms with E-state index in [0.717, 1.165) is 23.7 Å². The van der Waals surface area contributed by atoms with Gasteiger partial charge in [0.15, 0.2) is 0 Å². The van der Waals surface area contributed by atoms with Gasteiger partial charge in [0.25, 0.3) is 0 Å². The molecule has 0 aromatic rings. The van der Waals surface area contributed by atoms with Gasteiger partial charge >= 0.3 is 0 Å². The SMILES string of the molecule is CCC1CC(CO)CCC1C1CCC(C)CC1. The summed E-state index contributed by atoms with van der Waals surface area (Å²) in [7, 11) is 0. The van der Waals surface area contributed by atoms with Crippen LogP contribution in [0.2, 0.25) is 0 Å². The fourth-order valence-electron chi connectivity index (χ4n) is 4.35. The minimum absolute atomic E-state index is 0.422. The van der Waals surface area contributed by atoms with Gasteiger partial charge in [-0.05, 0) is 61.7 Å². The zero-order valence-electron chi connectivity index (χ0n) is 11.7. The Hall–Kier alpha value is -0.0400. The summed E-state index contributed by atoms with van der Waals surface area (Å²) >= 11 is 0. The molecule has 0 spiro atoms. The fraction of sp³-hybridized carbons (Fsp3) is 1.00. The number of aliphatic hydroxyl groups is 1. The predicted molar refractivity (Wildman–Crippen MR) is 72.8 cm³/mol. The van der Waals surface area contributed by atoms with Crippen LogP contribution in [0.1, 0.15) is 65.2 Å². The van der Waals surface area contributed by atoms with Gasteiger partial charge in [-0.25, -0.2) is 0 Å². The summed E-state index contributed by atoms with van der Waals surface area (Å²) in [6.45, 7) is 5.18. The first-order chi connectivity index (χ1) is 8.24. The standard InChI is InChI=1S/C16H30O/c1-3-14-10-13(11-17)6-9-16(14)15-7-4-12(2)5-8-15/h12-17H,3-11H2,1-2H3. The van der Waals surface area contributed by atoms with Gasteiger partial charge in [-0.2, -0.15) is 0 Å². The highest BCUT2D eigenvalue weighted by Gasteiger charge is 2.35. The van der Waals surface area contributed by atoms with E-state index >= 15 is 0 Å². The van der Waals surface area contributed by atoms with E-state index in [0.29, 0.717) is 12.5 Å². The van der Waals surface area contributed by atoms with Crippen LogP contribution in [0.5, 0.6) is 0 Å². The summed E-state index contributed by atoms with van der Waals surface area (Å²) in [5, 5.41) is 9.34. The predicted octanol–water partition coefficient (Wildman–Crippen LogP) is 4.25. The average Bonchev–Trinajstić information content (AvgIpc) is 2.39.